The van der Waals surface area contributed by atoms with Crippen LogP contribution in [0.2, 0.25) is 10.0 Å². The number of benzene rings is 3. The number of nitrogens with zero attached hydrogens (tertiary/aromatic N) is 1. The highest BCUT2D eigenvalue weighted by Crippen LogP contribution is 2.25. The van der Waals surface area contributed by atoms with Gasteiger partial charge in [0.2, 0.25) is 5.91 Å². The van der Waals surface area contributed by atoms with E-state index in [0.717, 1.165) is 0 Å². The molecule has 0 aliphatic rings. The molecule has 0 unspecified atom stereocenters. The molecule has 0 atom stereocenters. The average molecular weight is 492 g/mol. The molecule has 3 rings (SSSR count). The molecular weight excluding hydrogens is 473 g/mol. The number of hydrogen-bond acceptors (Lipinski definition) is 4. The van der Waals surface area contributed by atoms with Crippen molar-refractivity contribution in [3.05, 3.63) is 88.4 Å². The highest BCUT2D eigenvalue weighted by Gasteiger charge is 2.18. The first-order valence-corrected chi connectivity index (χ1v) is 11.6. The zero-order valence-electron chi connectivity index (χ0n) is 16.9. The summed E-state index contributed by atoms with van der Waals surface area (Å²) in [5, 5.41) is 3.30. The lowest BCUT2D eigenvalue weighted by Gasteiger charge is -2.17. The van der Waals surface area contributed by atoms with E-state index in [2.05, 4.69) is 10.0 Å². The quantitative estimate of drug-likeness (QED) is 0.508. The van der Waals surface area contributed by atoms with Gasteiger partial charge in [-0.25, -0.2) is 8.42 Å². The Labute approximate surface area is 196 Å². The molecule has 7 nitrogen and oxygen atoms in total. The Bertz CT molecular complexity index is 1230. The number of hydrogen-bond donors (Lipinski definition) is 2. The van der Waals surface area contributed by atoms with Crippen LogP contribution in [0.1, 0.15) is 10.4 Å². The van der Waals surface area contributed by atoms with E-state index in [1.807, 2.05) is 0 Å². The van der Waals surface area contributed by atoms with E-state index in [1.165, 1.54) is 42.3 Å². The van der Waals surface area contributed by atoms with Gasteiger partial charge in [-0.3, -0.25) is 14.3 Å². The van der Waals surface area contributed by atoms with Crippen LogP contribution in [0.15, 0.2) is 77.7 Å². The van der Waals surface area contributed by atoms with Crippen LogP contribution in [0.4, 0.5) is 11.4 Å². The van der Waals surface area contributed by atoms with Crippen LogP contribution in [0.25, 0.3) is 0 Å². The van der Waals surface area contributed by atoms with Crippen molar-refractivity contribution in [1.29, 1.82) is 0 Å². The van der Waals surface area contributed by atoms with Crippen LogP contribution in [-0.2, 0) is 14.8 Å². The number of carbonyl (C=O) groups excluding carboxylic acids is 2. The normalized spacial score (nSPS) is 11.0. The zero-order chi connectivity index (χ0) is 23.3. The van der Waals surface area contributed by atoms with Crippen LogP contribution in [0.3, 0.4) is 0 Å². The minimum absolute atomic E-state index is 0.0120. The van der Waals surface area contributed by atoms with Gasteiger partial charge in [-0.15, -0.1) is 0 Å². The van der Waals surface area contributed by atoms with Crippen molar-refractivity contribution in [2.45, 2.75) is 4.90 Å². The lowest BCUT2D eigenvalue weighted by molar-refractivity contribution is -0.116. The molecule has 32 heavy (non-hydrogen) atoms. The molecule has 10 heteroatoms. The standard InChI is InChI=1S/C22H19Cl2N3O4S/c1-27(14-21(28)25-17-9-12-19(23)20(24)13-17)22(29)15-7-10-18(11-8-15)32(30,31)26-16-5-3-2-4-6-16/h2-13,26H,14H2,1H3,(H,25,28). The van der Waals surface area contributed by atoms with Crippen molar-refractivity contribution < 1.29 is 18.0 Å². The summed E-state index contributed by atoms with van der Waals surface area (Å²) < 4.78 is 27.5. The number of rotatable bonds is 7. The van der Waals surface area contributed by atoms with E-state index in [0.29, 0.717) is 21.4 Å². The molecule has 2 N–H and O–H groups in total. The number of para-hydroxylation sites is 1. The number of sulfonamides is 1. The van der Waals surface area contributed by atoms with Crippen molar-refractivity contribution >= 4 is 56.4 Å². The first kappa shape index (κ1) is 23.6. The summed E-state index contributed by atoms with van der Waals surface area (Å²) in [6.07, 6.45) is 0. The maximum absolute atomic E-state index is 12.6. The van der Waals surface area contributed by atoms with Crippen molar-refractivity contribution in [3.8, 4) is 0 Å². The summed E-state index contributed by atoms with van der Waals surface area (Å²) in [5.74, 6) is -0.861. The third-order valence-corrected chi connectivity index (χ3v) is 6.50. The second kappa shape index (κ2) is 10.0. The molecule has 0 saturated carbocycles. The Kier molecular flexibility index (Phi) is 7.40. The van der Waals surface area contributed by atoms with Gasteiger partial charge in [0, 0.05) is 24.0 Å². The van der Waals surface area contributed by atoms with Crippen LogP contribution in [0, 0.1) is 0 Å². The van der Waals surface area contributed by atoms with Gasteiger partial charge in [0.1, 0.15) is 0 Å². The summed E-state index contributed by atoms with van der Waals surface area (Å²) in [4.78, 5) is 26.1. The van der Waals surface area contributed by atoms with E-state index in [-0.39, 0.29) is 17.0 Å². The Morgan fingerprint density at radius 1 is 0.875 bits per heavy atom. The lowest BCUT2D eigenvalue weighted by atomic mass is 10.2. The molecule has 0 aliphatic carbocycles. The van der Waals surface area contributed by atoms with Gasteiger partial charge in [0.05, 0.1) is 21.5 Å². The molecular formula is C22H19Cl2N3O4S. The van der Waals surface area contributed by atoms with E-state index >= 15 is 0 Å². The van der Waals surface area contributed by atoms with Crippen LogP contribution in [-0.4, -0.2) is 38.7 Å². The van der Waals surface area contributed by atoms with E-state index in [9.17, 15) is 18.0 Å². The van der Waals surface area contributed by atoms with Crippen LogP contribution < -0.4 is 10.0 Å². The number of carbonyl (C=O) groups is 2. The molecule has 3 aromatic rings. The minimum atomic E-state index is -3.80. The van der Waals surface area contributed by atoms with Gasteiger partial charge in [-0.05, 0) is 54.6 Å². The van der Waals surface area contributed by atoms with E-state index in [1.54, 1.807) is 42.5 Å². The summed E-state index contributed by atoms with van der Waals surface area (Å²) in [6.45, 7) is -0.214. The number of amides is 2. The topological polar surface area (TPSA) is 95.6 Å². The number of nitrogens with one attached hydrogen (secondary N) is 2. The zero-order valence-corrected chi connectivity index (χ0v) is 19.2. The molecule has 0 saturated heterocycles. The van der Waals surface area contributed by atoms with Gasteiger partial charge < -0.3 is 10.2 Å². The fourth-order valence-electron chi connectivity index (χ4n) is 2.78. The summed E-state index contributed by atoms with van der Waals surface area (Å²) in [5.41, 5.74) is 1.12. The van der Waals surface area contributed by atoms with E-state index in [4.69, 9.17) is 23.2 Å². The van der Waals surface area contributed by atoms with Crippen molar-refractivity contribution in [2.75, 3.05) is 23.6 Å². The first-order valence-electron chi connectivity index (χ1n) is 9.34. The predicted octanol–water partition coefficient (Wildman–Crippen LogP) is 4.50. The monoisotopic (exact) mass is 491 g/mol. The third-order valence-electron chi connectivity index (χ3n) is 4.37. The van der Waals surface area contributed by atoms with Gasteiger partial charge >= 0.3 is 0 Å². The fourth-order valence-corrected chi connectivity index (χ4v) is 4.14. The van der Waals surface area contributed by atoms with Crippen molar-refractivity contribution in [2.24, 2.45) is 0 Å². The Hall–Kier alpha value is -3.07. The summed E-state index contributed by atoms with van der Waals surface area (Å²) in [6, 6.07) is 18.6. The Balaban J connectivity index is 1.63. The second-order valence-electron chi connectivity index (χ2n) is 6.83. The van der Waals surface area contributed by atoms with Gasteiger partial charge in [-0.1, -0.05) is 41.4 Å². The molecule has 0 spiro atoms. The maximum Gasteiger partial charge on any atom is 0.261 e. The SMILES string of the molecule is CN(CC(=O)Nc1ccc(Cl)c(Cl)c1)C(=O)c1ccc(S(=O)(=O)Nc2ccccc2)cc1. The summed E-state index contributed by atoms with van der Waals surface area (Å²) >= 11 is 11.8. The second-order valence-corrected chi connectivity index (χ2v) is 9.33. The average Bonchev–Trinajstić information content (AvgIpc) is 2.76. The molecule has 0 aliphatic heterocycles. The predicted molar refractivity (Wildman–Crippen MR) is 126 cm³/mol. The van der Waals surface area contributed by atoms with Gasteiger partial charge in [-0.2, -0.15) is 0 Å². The van der Waals surface area contributed by atoms with Crippen molar-refractivity contribution in [3.63, 3.8) is 0 Å². The molecule has 166 valence electrons. The smallest absolute Gasteiger partial charge is 0.261 e. The number of halogens is 2. The van der Waals surface area contributed by atoms with Crippen molar-refractivity contribution in [1.82, 2.24) is 4.90 Å². The molecule has 0 fully saturated rings. The molecule has 3 aromatic carbocycles. The molecule has 0 aromatic heterocycles. The van der Waals surface area contributed by atoms with E-state index < -0.39 is 21.8 Å². The first-order chi connectivity index (χ1) is 15.2. The van der Waals surface area contributed by atoms with Gasteiger partial charge in [0.15, 0.2) is 0 Å². The molecule has 0 heterocycles. The Morgan fingerprint density at radius 2 is 1.53 bits per heavy atom. The highest BCUT2D eigenvalue weighted by molar-refractivity contribution is 7.92. The lowest BCUT2D eigenvalue weighted by Crippen LogP contribution is -2.34. The van der Waals surface area contributed by atoms with Crippen LogP contribution >= 0.6 is 23.2 Å². The fraction of sp³-hybridized carbons (Fsp3) is 0.0909. The summed E-state index contributed by atoms with van der Waals surface area (Å²) in [7, 11) is -2.32. The third kappa shape index (κ3) is 6.00. The number of anilines is 2. The Morgan fingerprint density at radius 3 is 2.16 bits per heavy atom. The largest absolute Gasteiger partial charge is 0.332 e. The number of likely N-dealkylation sites (N-methyl/N-ethyl adjacent to an activating group) is 1. The highest BCUT2D eigenvalue weighted by atomic mass is 35.5. The molecule has 2 amide bonds. The molecule has 0 bridgehead atoms. The molecule has 0 radical (unpaired) electrons. The minimum Gasteiger partial charge on any atom is -0.332 e. The van der Waals surface area contributed by atoms with Crippen LogP contribution in [0.5, 0.6) is 0 Å². The maximum atomic E-state index is 12.6. The van der Waals surface area contributed by atoms with Gasteiger partial charge in [0.25, 0.3) is 15.9 Å².